The van der Waals surface area contributed by atoms with Gasteiger partial charge in [-0.15, -0.1) is 0 Å². The van der Waals surface area contributed by atoms with Gasteiger partial charge in [-0.25, -0.2) is 0 Å². The summed E-state index contributed by atoms with van der Waals surface area (Å²) in [4.78, 5) is 4.69. The predicted molar refractivity (Wildman–Crippen MR) is 211 cm³/mol. The summed E-state index contributed by atoms with van der Waals surface area (Å²) < 4.78 is 0. The van der Waals surface area contributed by atoms with E-state index >= 15 is 0 Å². The Labute approximate surface area is 288 Å². The first kappa shape index (κ1) is 26.4. The summed E-state index contributed by atoms with van der Waals surface area (Å²) in [5.74, 6) is 0. The molecule has 1 heterocycles. The van der Waals surface area contributed by atoms with Crippen LogP contribution in [-0.2, 0) is 0 Å². The van der Waals surface area contributed by atoms with Crippen LogP contribution in [0.15, 0.2) is 164 Å². The fourth-order valence-corrected chi connectivity index (χ4v) is 9.46. The molecule has 1 heteroatoms. The maximum absolute atomic E-state index is 4.69. The summed E-state index contributed by atoms with van der Waals surface area (Å²) in [6, 6.07) is 56.4. The third-order valence-electron chi connectivity index (χ3n) is 11.4. The second kappa shape index (κ2) is 9.53. The normalized spacial score (nSPS) is 12.4. The first-order valence-corrected chi connectivity index (χ1v) is 17.4. The van der Waals surface area contributed by atoms with Crippen molar-refractivity contribution in [3.05, 3.63) is 164 Å². The number of rotatable bonds is 3. The molecule has 0 aliphatic heterocycles. The fourth-order valence-electron chi connectivity index (χ4n) is 9.46. The molecule has 0 saturated heterocycles. The topological polar surface area (TPSA) is 12.9 Å². The number of nitrogens with zero attached hydrogens (tertiary/aromatic N) is 1. The van der Waals surface area contributed by atoms with Crippen LogP contribution in [0.1, 0.15) is 0 Å². The molecule has 12 rings (SSSR count). The van der Waals surface area contributed by atoms with Crippen molar-refractivity contribution in [2.75, 3.05) is 0 Å². The first-order valence-electron chi connectivity index (χ1n) is 17.4. The van der Waals surface area contributed by atoms with Crippen LogP contribution < -0.4 is 0 Å². The monoisotopic (exact) mass is 629 g/mol. The van der Waals surface area contributed by atoms with Crippen molar-refractivity contribution in [1.82, 2.24) is 4.98 Å². The Balaban J connectivity index is 1.21. The Morgan fingerprint density at radius 3 is 1.60 bits per heavy atom. The molecule has 0 atom stereocenters. The Morgan fingerprint density at radius 1 is 0.280 bits per heavy atom. The van der Waals surface area contributed by atoms with Crippen LogP contribution in [0, 0.1) is 0 Å². The molecule has 1 nitrogen and oxygen atoms in total. The zero-order valence-electron chi connectivity index (χ0n) is 27.0. The molecule has 0 fully saturated rings. The molecule has 0 spiro atoms. The highest BCUT2D eigenvalue weighted by Gasteiger charge is 2.32. The van der Waals surface area contributed by atoms with E-state index in [1.54, 1.807) is 0 Å². The highest BCUT2D eigenvalue weighted by atomic mass is 14.6. The largest absolute Gasteiger partial charge is 0.264 e. The standard InChI is InChI=1S/C49H27N/c1-3-9-28(10-4-1)43-38-25-26-50-27-41(38)44(29-11-5-2-6-12-29)49-40-24-22-32(34-15-8-16-39(46(34)40)48(43)49)33-21-23-37-35-14-7-13-30-17-18-31-19-20-36(33)47(37)45(31)42(30)35/h1-27H. The van der Waals surface area contributed by atoms with Crippen LogP contribution in [-0.4, -0.2) is 4.98 Å². The van der Waals surface area contributed by atoms with Gasteiger partial charge in [-0.2, -0.15) is 0 Å². The molecule has 2 aliphatic rings. The van der Waals surface area contributed by atoms with Crippen molar-refractivity contribution in [3.8, 4) is 66.8 Å². The van der Waals surface area contributed by atoms with Gasteiger partial charge in [0.1, 0.15) is 0 Å². The van der Waals surface area contributed by atoms with E-state index in [2.05, 4.69) is 163 Å². The SMILES string of the molecule is c1ccc(-c2c3c(c(-c4ccccc4)c4cnccc24)-c2ccc(-c4ccc5c6c4ccc4ccc7cccc-5c7c46)c4cccc-3c24)cc1. The van der Waals surface area contributed by atoms with Gasteiger partial charge >= 0.3 is 0 Å². The zero-order valence-corrected chi connectivity index (χ0v) is 27.0. The van der Waals surface area contributed by atoms with Crippen LogP contribution in [0.3, 0.4) is 0 Å². The van der Waals surface area contributed by atoms with Gasteiger partial charge in [-0.1, -0.05) is 146 Å². The molecule has 50 heavy (non-hydrogen) atoms. The number of fused-ring (bicyclic) bond motifs is 5. The molecule has 0 bridgehead atoms. The maximum atomic E-state index is 4.69. The van der Waals surface area contributed by atoms with Gasteiger partial charge in [-0.3, -0.25) is 4.98 Å². The highest BCUT2D eigenvalue weighted by Crippen LogP contribution is 2.59. The Bertz CT molecular complexity index is 3030. The second-order valence-corrected chi connectivity index (χ2v) is 13.8. The molecular weight excluding hydrogens is 603 g/mol. The maximum Gasteiger partial charge on any atom is 0.0353 e. The molecule has 9 aromatic carbocycles. The number of aromatic nitrogens is 1. The average Bonchev–Trinajstić information content (AvgIpc) is 3.70. The van der Waals surface area contributed by atoms with Crippen molar-refractivity contribution >= 4 is 53.9 Å². The van der Waals surface area contributed by atoms with Gasteiger partial charge in [0.25, 0.3) is 0 Å². The van der Waals surface area contributed by atoms with E-state index in [1.807, 2.05) is 6.20 Å². The lowest BCUT2D eigenvalue weighted by atomic mass is 9.83. The Hall–Kier alpha value is -6.57. The van der Waals surface area contributed by atoms with Crippen molar-refractivity contribution in [2.24, 2.45) is 0 Å². The van der Waals surface area contributed by atoms with E-state index in [1.165, 1.54) is 121 Å². The molecule has 1 aromatic heterocycles. The number of hydrogen-bond donors (Lipinski definition) is 0. The predicted octanol–water partition coefficient (Wildman–Crippen LogP) is 13.5. The second-order valence-electron chi connectivity index (χ2n) is 13.8. The van der Waals surface area contributed by atoms with Gasteiger partial charge in [0.15, 0.2) is 0 Å². The van der Waals surface area contributed by atoms with Gasteiger partial charge in [0.2, 0.25) is 0 Å². The van der Waals surface area contributed by atoms with E-state index in [0.29, 0.717) is 0 Å². The molecule has 228 valence electrons. The lowest BCUT2D eigenvalue weighted by Gasteiger charge is -2.20. The average molecular weight is 630 g/mol. The molecular formula is C49H27N. The highest BCUT2D eigenvalue weighted by molar-refractivity contribution is 6.35. The van der Waals surface area contributed by atoms with E-state index in [-0.39, 0.29) is 0 Å². The Morgan fingerprint density at radius 2 is 0.840 bits per heavy atom. The van der Waals surface area contributed by atoms with Gasteiger partial charge < -0.3 is 0 Å². The minimum absolute atomic E-state index is 1.18. The summed E-state index contributed by atoms with van der Waals surface area (Å²) in [6.45, 7) is 0. The lowest BCUT2D eigenvalue weighted by molar-refractivity contribution is 1.36. The van der Waals surface area contributed by atoms with Crippen LogP contribution in [0.5, 0.6) is 0 Å². The molecule has 2 aliphatic carbocycles. The zero-order chi connectivity index (χ0) is 32.5. The molecule has 0 N–H and O–H groups in total. The van der Waals surface area contributed by atoms with Crippen molar-refractivity contribution in [2.45, 2.75) is 0 Å². The van der Waals surface area contributed by atoms with Crippen molar-refractivity contribution < 1.29 is 0 Å². The van der Waals surface area contributed by atoms with E-state index in [9.17, 15) is 0 Å². The van der Waals surface area contributed by atoms with E-state index in [0.717, 1.165) is 0 Å². The van der Waals surface area contributed by atoms with Crippen LogP contribution >= 0.6 is 0 Å². The third kappa shape index (κ3) is 3.25. The van der Waals surface area contributed by atoms with Gasteiger partial charge in [0.05, 0.1) is 0 Å². The van der Waals surface area contributed by atoms with Crippen molar-refractivity contribution in [3.63, 3.8) is 0 Å². The summed E-state index contributed by atoms with van der Waals surface area (Å²) in [7, 11) is 0. The van der Waals surface area contributed by atoms with E-state index in [4.69, 9.17) is 0 Å². The van der Waals surface area contributed by atoms with Gasteiger partial charge in [0, 0.05) is 17.8 Å². The minimum atomic E-state index is 1.18. The molecule has 10 aromatic rings. The number of hydrogen-bond acceptors (Lipinski definition) is 1. The van der Waals surface area contributed by atoms with Crippen LogP contribution in [0.2, 0.25) is 0 Å². The third-order valence-corrected chi connectivity index (χ3v) is 11.4. The number of benzene rings is 9. The smallest absolute Gasteiger partial charge is 0.0353 e. The fraction of sp³-hybridized carbons (Fsp3) is 0. The van der Waals surface area contributed by atoms with Crippen LogP contribution in [0.4, 0.5) is 0 Å². The van der Waals surface area contributed by atoms with Gasteiger partial charge in [-0.05, 0) is 121 Å². The Kier molecular flexibility index (Phi) is 5.03. The summed E-state index contributed by atoms with van der Waals surface area (Å²) in [5.41, 5.74) is 15.4. The molecule has 0 saturated carbocycles. The quantitative estimate of drug-likeness (QED) is 0.177. The van der Waals surface area contributed by atoms with E-state index < -0.39 is 0 Å². The molecule has 0 radical (unpaired) electrons. The number of pyridine rings is 1. The van der Waals surface area contributed by atoms with Crippen molar-refractivity contribution in [1.29, 1.82) is 0 Å². The molecule has 0 amide bonds. The molecule has 0 unspecified atom stereocenters. The first-order chi connectivity index (χ1) is 24.8. The summed E-state index contributed by atoms with van der Waals surface area (Å²) in [5, 5.41) is 13.1. The lowest BCUT2D eigenvalue weighted by Crippen LogP contribution is -1.94. The summed E-state index contributed by atoms with van der Waals surface area (Å²) >= 11 is 0. The van der Waals surface area contributed by atoms with Crippen LogP contribution in [0.25, 0.3) is 121 Å². The summed E-state index contributed by atoms with van der Waals surface area (Å²) in [6.07, 6.45) is 4.00. The minimum Gasteiger partial charge on any atom is -0.264 e.